The Hall–Kier alpha value is -0.610. The molecular weight excluding hydrogens is 238 g/mol. The molecule has 0 aromatic carbocycles. The second-order valence-corrected chi connectivity index (χ2v) is 6.28. The summed E-state index contributed by atoms with van der Waals surface area (Å²) in [4.78, 5) is 16.8. The molecule has 1 aliphatic carbocycles. The van der Waals surface area contributed by atoms with E-state index in [0.717, 1.165) is 45.3 Å². The third-order valence-corrected chi connectivity index (χ3v) is 4.21. The highest BCUT2D eigenvalue weighted by molar-refractivity contribution is 5.79. The minimum absolute atomic E-state index is 0.198. The van der Waals surface area contributed by atoms with Crippen molar-refractivity contribution in [1.82, 2.24) is 9.80 Å². The summed E-state index contributed by atoms with van der Waals surface area (Å²) >= 11 is 0. The lowest BCUT2D eigenvalue weighted by molar-refractivity contribution is -0.137. The van der Waals surface area contributed by atoms with Crippen LogP contribution in [0.4, 0.5) is 0 Å². The third kappa shape index (κ3) is 5.11. The van der Waals surface area contributed by atoms with Gasteiger partial charge in [-0.2, -0.15) is 0 Å². The van der Waals surface area contributed by atoms with Gasteiger partial charge in [0.1, 0.15) is 0 Å². The smallest absolute Gasteiger partial charge is 0.225 e. The molecule has 3 unspecified atom stereocenters. The molecule has 0 aromatic rings. The standard InChI is InChI=1S/C15H31N3O/c1-5-8-18(10-9-17(3)4)15(19)13-6-7-14(16)12(2)11-13/h12-14H,5-11,16H2,1-4H3. The molecular formula is C15H31N3O. The van der Waals surface area contributed by atoms with Crippen LogP contribution in [0, 0.1) is 11.8 Å². The molecule has 1 aliphatic rings. The first-order valence-corrected chi connectivity index (χ1v) is 7.64. The van der Waals surface area contributed by atoms with E-state index in [-0.39, 0.29) is 12.0 Å². The van der Waals surface area contributed by atoms with Crippen LogP contribution in [0.15, 0.2) is 0 Å². The van der Waals surface area contributed by atoms with E-state index in [1.165, 1.54) is 0 Å². The van der Waals surface area contributed by atoms with Gasteiger partial charge in [0.2, 0.25) is 5.91 Å². The number of carbonyl (C=O) groups is 1. The summed E-state index contributed by atoms with van der Waals surface area (Å²) in [6, 6.07) is 0.283. The minimum atomic E-state index is 0.198. The summed E-state index contributed by atoms with van der Waals surface area (Å²) < 4.78 is 0. The van der Waals surface area contributed by atoms with Gasteiger partial charge in [0.25, 0.3) is 0 Å². The van der Waals surface area contributed by atoms with Crippen LogP contribution in [-0.2, 0) is 4.79 Å². The van der Waals surface area contributed by atoms with Gasteiger partial charge in [-0.1, -0.05) is 13.8 Å². The van der Waals surface area contributed by atoms with Crippen LogP contribution in [0.5, 0.6) is 0 Å². The quantitative estimate of drug-likeness (QED) is 0.796. The van der Waals surface area contributed by atoms with Crippen molar-refractivity contribution < 1.29 is 4.79 Å². The van der Waals surface area contributed by atoms with Gasteiger partial charge in [-0.25, -0.2) is 0 Å². The number of rotatable bonds is 6. The predicted molar refractivity (Wildman–Crippen MR) is 79.9 cm³/mol. The Morgan fingerprint density at radius 1 is 1.21 bits per heavy atom. The summed E-state index contributed by atoms with van der Waals surface area (Å²) in [6.07, 6.45) is 3.95. The highest BCUT2D eigenvalue weighted by Crippen LogP contribution is 2.29. The fourth-order valence-corrected chi connectivity index (χ4v) is 2.82. The van der Waals surface area contributed by atoms with Crippen molar-refractivity contribution in [3.63, 3.8) is 0 Å². The fourth-order valence-electron chi connectivity index (χ4n) is 2.82. The Bertz CT molecular complexity index is 281. The van der Waals surface area contributed by atoms with Gasteiger partial charge in [0, 0.05) is 31.6 Å². The average Bonchev–Trinajstić information content (AvgIpc) is 2.36. The normalized spacial score (nSPS) is 27.6. The molecule has 0 bridgehead atoms. The molecule has 19 heavy (non-hydrogen) atoms. The maximum absolute atomic E-state index is 12.6. The van der Waals surface area contributed by atoms with Crippen LogP contribution in [0.25, 0.3) is 0 Å². The maximum Gasteiger partial charge on any atom is 0.225 e. The van der Waals surface area contributed by atoms with Crippen molar-refractivity contribution >= 4 is 5.91 Å². The van der Waals surface area contributed by atoms with E-state index in [1.807, 2.05) is 4.90 Å². The van der Waals surface area contributed by atoms with E-state index in [9.17, 15) is 4.79 Å². The molecule has 3 atom stereocenters. The van der Waals surface area contributed by atoms with Crippen molar-refractivity contribution in [3.8, 4) is 0 Å². The molecule has 0 aromatic heterocycles. The second-order valence-electron chi connectivity index (χ2n) is 6.28. The molecule has 1 amide bonds. The van der Waals surface area contributed by atoms with E-state index in [2.05, 4.69) is 32.8 Å². The molecule has 112 valence electrons. The highest BCUT2D eigenvalue weighted by atomic mass is 16.2. The molecule has 1 fully saturated rings. The summed E-state index contributed by atoms with van der Waals surface area (Å²) in [6.45, 7) is 6.97. The summed E-state index contributed by atoms with van der Waals surface area (Å²) in [5.41, 5.74) is 6.04. The van der Waals surface area contributed by atoms with Crippen LogP contribution in [0.3, 0.4) is 0 Å². The van der Waals surface area contributed by atoms with Gasteiger partial charge in [0.15, 0.2) is 0 Å². The molecule has 0 spiro atoms. The zero-order chi connectivity index (χ0) is 14.4. The first kappa shape index (κ1) is 16.4. The van der Waals surface area contributed by atoms with Crippen molar-refractivity contribution in [2.45, 2.75) is 45.6 Å². The molecule has 0 radical (unpaired) electrons. The summed E-state index contributed by atoms with van der Waals surface area (Å²) in [7, 11) is 4.10. The van der Waals surface area contributed by atoms with Gasteiger partial charge in [0.05, 0.1) is 0 Å². The molecule has 4 nitrogen and oxygen atoms in total. The Labute approximate surface area is 118 Å². The Balaban J connectivity index is 2.55. The number of hydrogen-bond donors (Lipinski definition) is 1. The third-order valence-electron chi connectivity index (χ3n) is 4.21. The molecule has 0 heterocycles. The fraction of sp³-hybridized carbons (Fsp3) is 0.933. The van der Waals surface area contributed by atoms with E-state index < -0.39 is 0 Å². The number of likely N-dealkylation sites (N-methyl/N-ethyl adjacent to an activating group) is 1. The van der Waals surface area contributed by atoms with E-state index in [1.54, 1.807) is 0 Å². The van der Waals surface area contributed by atoms with Gasteiger partial charge >= 0.3 is 0 Å². The van der Waals surface area contributed by atoms with Crippen LogP contribution in [-0.4, -0.2) is 55.5 Å². The zero-order valence-corrected chi connectivity index (χ0v) is 13.1. The van der Waals surface area contributed by atoms with Gasteiger partial charge in [-0.05, 0) is 45.7 Å². The minimum Gasteiger partial charge on any atom is -0.341 e. The van der Waals surface area contributed by atoms with Gasteiger partial charge < -0.3 is 15.5 Å². The monoisotopic (exact) mass is 269 g/mol. The topological polar surface area (TPSA) is 49.6 Å². The Morgan fingerprint density at radius 2 is 1.89 bits per heavy atom. The van der Waals surface area contributed by atoms with Crippen LogP contribution < -0.4 is 5.73 Å². The number of carbonyl (C=O) groups excluding carboxylic acids is 1. The van der Waals surface area contributed by atoms with E-state index >= 15 is 0 Å². The van der Waals surface area contributed by atoms with Crippen molar-refractivity contribution in [2.24, 2.45) is 17.6 Å². The van der Waals surface area contributed by atoms with E-state index in [0.29, 0.717) is 11.8 Å². The van der Waals surface area contributed by atoms with E-state index in [4.69, 9.17) is 5.73 Å². The van der Waals surface area contributed by atoms with Crippen LogP contribution >= 0.6 is 0 Å². The molecule has 0 saturated heterocycles. The number of amides is 1. The molecule has 1 saturated carbocycles. The average molecular weight is 269 g/mol. The van der Waals surface area contributed by atoms with Crippen molar-refractivity contribution in [1.29, 1.82) is 0 Å². The number of nitrogens with two attached hydrogens (primary N) is 1. The lowest BCUT2D eigenvalue weighted by atomic mass is 9.78. The number of hydrogen-bond acceptors (Lipinski definition) is 3. The molecule has 4 heteroatoms. The second kappa shape index (κ2) is 7.85. The van der Waals surface area contributed by atoms with Crippen molar-refractivity contribution in [2.75, 3.05) is 33.7 Å². The summed E-state index contributed by atoms with van der Waals surface area (Å²) in [5, 5.41) is 0. The molecule has 0 aliphatic heterocycles. The summed E-state index contributed by atoms with van der Waals surface area (Å²) in [5.74, 6) is 1.02. The van der Waals surface area contributed by atoms with Gasteiger partial charge in [-0.15, -0.1) is 0 Å². The Morgan fingerprint density at radius 3 is 2.42 bits per heavy atom. The lowest BCUT2D eigenvalue weighted by Crippen LogP contribution is -2.44. The van der Waals surface area contributed by atoms with Crippen LogP contribution in [0.1, 0.15) is 39.5 Å². The number of nitrogens with zero attached hydrogens (tertiary/aromatic N) is 2. The zero-order valence-electron chi connectivity index (χ0n) is 13.1. The van der Waals surface area contributed by atoms with Crippen LogP contribution in [0.2, 0.25) is 0 Å². The van der Waals surface area contributed by atoms with Gasteiger partial charge in [-0.3, -0.25) is 4.79 Å². The van der Waals surface area contributed by atoms with Crippen molar-refractivity contribution in [3.05, 3.63) is 0 Å². The Kier molecular flexibility index (Phi) is 6.80. The highest BCUT2D eigenvalue weighted by Gasteiger charge is 2.31. The first-order chi connectivity index (χ1) is 8.95. The predicted octanol–water partition coefficient (Wildman–Crippen LogP) is 1.55. The SMILES string of the molecule is CCCN(CCN(C)C)C(=O)C1CCC(N)C(C)C1. The molecule has 2 N–H and O–H groups in total. The maximum atomic E-state index is 12.6. The lowest BCUT2D eigenvalue weighted by Gasteiger charge is -2.34. The first-order valence-electron chi connectivity index (χ1n) is 7.64. The largest absolute Gasteiger partial charge is 0.341 e. The molecule has 1 rings (SSSR count).